The number of rotatable bonds is 5. The first-order valence-corrected chi connectivity index (χ1v) is 7.75. The van der Waals surface area contributed by atoms with Crippen molar-refractivity contribution in [1.29, 1.82) is 0 Å². The van der Waals surface area contributed by atoms with Crippen molar-refractivity contribution in [3.8, 4) is 0 Å². The summed E-state index contributed by atoms with van der Waals surface area (Å²) in [5.41, 5.74) is 2.07. The van der Waals surface area contributed by atoms with Gasteiger partial charge in [0.1, 0.15) is 0 Å². The molecule has 1 amide bonds. The van der Waals surface area contributed by atoms with Gasteiger partial charge in [-0.05, 0) is 25.2 Å². The van der Waals surface area contributed by atoms with Gasteiger partial charge in [-0.1, -0.05) is 11.8 Å². The summed E-state index contributed by atoms with van der Waals surface area (Å²) in [5.74, 6) is -0.0490. The second kappa shape index (κ2) is 6.16. The molecular weight excluding hydrogens is 282 g/mol. The maximum atomic E-state index is 11.8. The number of carbonyl (C=O) groups is 1. The van der Waals surface area contributed by atoms with Gasteiger partial charge in [0.15, 0.2) is 0 Å². The highest BCUT2D eigenvalue weighted by atomic mass is 32.2. The molecule has 8 heteroatoms. The van der Waals surface area contributed by atoms with Gasteiger partial charge in [0.25, 0.3) is 0 Å². The Hall–Kier alpha value is -1.41. The lowest BCUT2D eigenvalue weighted by atomic mass is 10.1. The Balaban J connectivity index is 1.86. The predicted octanol–water partition coefficient (Wildman–Crippen LogP) is 1.87. The quantitative estimate of drug-likeness (QED) is 0.853. The third kappa shape index (κ3) is 3.77. The fraction of sp³-hybridized carbons (Fsp3) is 0.455. The fourth-order valence-electron chi connectivity index (χ4n) is 1.67. The molecule has 0 fully saturated rings. The van der Waals surface area contributed by atoms with Crippen LogP contribution in [-0.2, 0) is 18.3 Å². The van der Waals surface area contributed by atoms with E-state index in [0.29, 0.717) is 23.1 Å². The highest BCUT2D eigenvalue weighted by Gasteiger charge is 2.09. The molecule has 2 rings (SSSR count). The minimum Gasteiger partial charge on any atom is -0.301 e. The maximum absolute atomic E-state index is 11.8. The molecule has 2 aromatic heterocycles. The van der Waals surface area contributed by atoms with E-state index in [1.54, 1.807) is 4.68 Å². The molecule has 0 spiro atoms. The summed E-state index contributed by atoms with van der Waals surface area (Å²) in [7, 11) is 1.88. The Morgan fingerprint density at radius 3 is 2.95 bits per heavy atom. The lowest BCUT2D eigenvalue weighted by molar-refractivity contribution is -0.116. The number of amides is 1. The molecule has 6 nitrogen and oxygen atoms in total. The van der Waals surface area contributed by atoms with E-state index in [1.807, 2.05) is 26.4 Å². The monoisotopic (exact) mass is 297 g/mol. The van der Waals surface area contributed by atoms with Crippen molar-refractivity contribution in [2.75, 3.05) is 11.6 Å². The second-order valence-electron chi connectivity index (χ2n) is 4.05. The molecular formula is C11H15N5OS2. The van der Waals surface area contributed by atoms with E-state index in [2.05, 4.69) is 19.8 Å². The minimum atomic E-state index is -0.0490. The van der Waals surface area contributed by atoms with Gasteiger partial charge in [-0.2, -0.15) is 14.5 Å². The third-order valence-electron chi connectivity index (χ3n) is 2.57. The molecule has 1 N–H and O–H groups in total. The summed E-state index contributed by atoms with van der Waals surface area (Å²) in [6.07, 6.45) is 4.94. The largest absolute Gasteiger partial charge is 0.301 e. The standard InChI is InChI=1S/C11H15N5OS2/c1-7-8(6-16(2)14-7)4-5-9(17)12-10-13-11(18-3)15-19-10/h6H,4-5H2,1-3H3,(H,12,13,15,17). The van der Waals surface area contributed by atoms with Crippen molar-refractivity contribution in [2.45, 2.75) is 24.9 Å². The highest BCUT2D eigenvalue weighted by molar-refractivity contribution is 7.98. The highest BCUT2D eigenvalue weighted by Crippen LogP contribution is 2.18. The SMILES string of the molecule is CSc1nsc(NC(=O)CCc2cn(C)nc2C)n1. The van der Waals surface area contributed by atoms with Crippen molar-refractivity contribution in [3.63, 3.8) is 0 Å². The predicted molar refractivity (Wildman–Crippen MR) is 76.6 cm³/mol. The normalized spacial score (nSPS) is 10.7. The van der Waals surface area contributed by atoms with Gasteiger partial charge in [0.2, 0.25) is 16.2 Å². The van der Waals surface area contributed by atoms with Gasteiger partial charge in [0.05, 0.1) is 5.69 Å². The molecule has 0 saturated carbocycles. The second-order valence-corrected chi connectivity index (χ2v) is 5.57. The number of hydrogen-bond donors (Lipinski definition) is 1. The van der Waals surface area contributed by atoms with Crippen LogP contribution < -0.4 is 5.32 Å². The van der Waals surface area contributed by atoms with Crippen LogP contribution >= 0.6 is 23.3 Å². The first-order chi connectivity index (χ1) is 9.08. The lowest BCUT2D eigenvalue weighted by Crippen LogP contribution is -2.12. The summed E-state index contributed by atoms with van der Waals surface area (Å²) in [4.78, 5) is 16.0. The van der Waals surface area contributed by atoms with Crippen molar-refractivity contribution >= 4 is 34.3 Å². The average Bonchev–Trinajstić information content (AvgIpc) is 2.93. The first kappa shape index (κ1) is 14.0. The van der Waals surface area contributed by atoms with Crippen LogP contribution in [0.1, 0.15) is 17.7 Å². The Kier molecular flexibility index (Phi) is 4.54. The van der Waals surface area contributed by atoms with Crippen LogP contribution in [-0.4, -0.2) is 31.3 Å². The van der Waals surface area contributed by atoms with E-state index in [9.17, 15) is 4.79 Å². The summed E-state index contributed by atoms with van der Waals surface area (Å²) < 4.78 is 5.85. The maximum Gasteiger partial charge on any atom is 0.226 e. The number of thioether (sulfide) groups is 1. The Labute approximate surface area is 119 Å². The molecule has 0 unspecified atom stereocenters. The van der Waals surface area contributed by atoms with Crippen molar-refractivity contribution in [1.82, 2.24) is 19.1 Å². The van der Waals surface area contributed by atoms with Gasteiger partial charge in [-0.3, -0.25) is 9.48 Å². The van der Waals surface area contributed by atoms with Gasteiger partial charge < -0.3 is 5.32 Å². The number of aromatic nitrogens is 4. The zero-order chi connectivity index (χ0) is 13.8. The number of anilines is 1. The summed E-state index contributed by atoms with van der Waals surface area (Å²) in [6, 6.07) is 0. The van der Waals surface area contributed by atoms with Crippen LogP contribution in [0.5, 0.6) is 0 Å². The topological polar surface area (TPSA) is 72.7 Å². The van der Waals surface area contributed by atoms with Crippen LogP contribution in [0.4, 0.5) is 5.13 Å². The summed E-state index contributed by atoms with van der Waals surface area (Å²) in [5, 5.41) is 8.24. The van der Waals surface area contributed by atoms with Gasteiger partial charge >= 0.3 is 0 Å². The fourth-order valence-corrected chi connectivity index (χ4v) is 2.81. The summed E-state index contributed by atoms with van der Waals surface area (Å²) >= 11 is 2.66. The van der Waals surface area contributed by atoms with Crippen LogP contribution in [0.3, 0.4) is 0 Å². The smallest absolute Gasteiger partial charge is 0.226 e. The zero-order valence-corrected chi connectivity index (χ0v) is 12.6. The Morgan fingerprint density at radius 2 is 2.37 bits per heavy atom. The van der Waals surface area contributed by atoms with Crippen molar-refractivity contribution < 1.29 is 4.79 Å². The Bertz CT molecular complexity index is 577. The minimum absolute atomic E-state index is 0.0490. The third-order valence-corrected chi connectivity index (χ3v) is 3.87. The molecule has 0 aliphatic heterocycles. The first-order valence-electron chi connectivity index (χ1n) is 5.75. The molecule has 0 saturated heterocycles. The average molecular weight is 297 g/mol. The number of nitrogens with one attached hydrogen (secondary N) is 1. The van der Waals surface area contributed by atoms with E-state index in [4.69, 9.17) is 0 Å². The van der Waals surface area contributed by atoms with Crippen molar-refractivity contribution in [3.05, 3.63) is 17.5 Å². The molecule has 0 aliphatic carbocycles. The van der Waals surface area contributed by atoms with Crippen LogP contribution in [0, 0.1) is 6.92 Å². The molecule has 0 aliphatic rings. The molecule has 0 aromatic carbocycles. The molecule has 102 valence electrons. The van der Waals surface area contributed by atoms with E-state index >= 15 is 0 Å². The molecule has 2 heterocycles. The van der Waals surface area contributed by atoms with E-state index in [-0.39, 0.29) is 5.91 Å². The number of nitrogens with zero attached hydrogens (tertiary/aromatic N) is 4. The number of aryl methyl sites for hydroxylation is 3. The van der Waals surface area contributed by atoms with E-state index in [0.717, 1.165) is 11.3 Å². The van der Waals surface area contributed by atoms with E-state index < -0.39 is 0 Å². The van der Waals surface area contributed by atoms with Gasteiger partial charge in [-0.25, -0.2) is 0 Å². The van der Waals surface area contributed by atoms with Crippen LogP contribution in [0.25, 0.3) is 0 Å². The molecule has 19 heavy (non-hydrogen) atoms. The van der Waals surface area contributed by atoms with Gasteiger partial charge in [-0.15, -0.1) is 0 Å². The molecule has 2 aromatic rings. The Morgan fingerprint density at radius 1 is 1.58 bits per heavy atom. The molecule has 0 atom stereocenters. The lowest BCUT2D eigenvalue weighted by Gasteiger charge is -2.00. The van der Waals surface area contributed by atoms with Gasteiger partial charge in [0, 0.05) is 31.2 Å². The molecule has 0 bridgehead atoms. The zero-order valence-electron chi connectivity index (χ0n) is 11.0. The van der Waals surface area contributed by atoms with E-state index in [1.165, 1.54) is 23.3 Å². The van der Waals surface area contributed by atoms with Crippen LogP contribution in [0.2, 0.25) is 0 Å². The molecule has 0 radical (unpaired) electrons. The number of carbonyl (C=O) groups excluding carboxylic acids is 1. The van der Waals surface area contributed by atoms with Crippen molar-refractivity contribution in [2.24, 2.45) is 7.05 Å². The summed E-state index contributed by atoms with van der Waals surface area (Å²) in [6.45, 7) is 1.95. The number of hydrogen-bond acceptors (Lipinski definition) is 6. The van der Waals surface area contributed by atoms with Crippen LogP contribution in [0.15, 0.2) is 11.4 Å².